The first-order chi connectivity index (χ1) is 14.1. The second-order valence-electron chi connectivity index (χ2n) is 8.13. The molecule has 0 amide bonds. The Hall–Kier alpha value is -2.80. The highest BCUT2D eigenvalue weighted by Crippen LogP contribution is 2.35. The summed E-state index contributed by atoms with van der Waals surface area (Å²) >= 11 is 0. The number of aromatic amines is 1. The van der Waals surface area contributed by atoms with E-state index in [9.17, 15) is 4.79 Å². The van der Waals surface area contributed by atoms with Crippen molar-refractivity contribution in [2.75, 3.05) is 14.2 Å². The lowest BCUT2D eigenvalue weighted by atomic mass is 9.98. The smallest absolute Gasteiger partial charge is 0.276 e. The second-order valence-corrected chi connectivity index (χ2v) is 8.13. The second kappa shape index (κ2) is 6.91. The van der Waals surface area contributed by atoms with Gasteiger partial charge in [0.15, 0.2) is 17.1 Å². The molecular weight excluding hydrogens is 368 g/mol. The number of aryl methyl sites for hydroxylation is 1. The Morgan fingerprint density at radius 3 is 2.62 bits per heavy atom. The van der Waals surface area contributed by atoms with Crippen LogP contribution < -0.4 is 15.0 Å². The lowest BCUT2D eigenvalue weighted by Crippen LogP contribution is -2.36. The van der Waals surface area contributed by atoms with Crippen LogP contribution in [0.5, 0.6) is 11.5 Å². The van der Waals surface area contributed by atoms with Gasteiger partial charge in [-0.25, -0.2) is 9.50 Å². The Bertz CT molecular complexity index is 1130. The van der Waals surface area contributed by atoms with Crippen LogP contribution in [-0.4, -0.2) is 45.8 Å². The molecule has 3 aromatic rings. The van der Waals surface area contributed by atoms with Gasteiger partial charge in [-0.05, 0) is 43.9 Å². The van der Waals surface area contributed by atoms with E-state index >= 15 is 0 Å². The van der Waals surface area contributed by atoms with Gasteiger partial charge in [-0.1, -0.05) is 6.07 Å². The van der Waals surface area contributed by atoms with Gasteiger partial charge in [0.05, 0.1) is 19.9 Å². The molecule has 2 aliphatic rings. The molecule has 0 spiro atoms. The van der Waals surface area contributed by atoms with Crippen molar-refractivity contribution >= 4 is 5.65 Å². The number of H-pyrrole nitrogens is 1. The molecule has 4 heterocycles. The van der Waals surface area contributed by atoms with E-state index in [1.807, 2.05) is 19.1 Å². The summed E-state index contributed by atoms with van der Waals surface area (Å²) in [5, 5.41) is 3.12. The Kier molecular flexibility index (Phi) is 4.35. The summed E-state index contributed by atoms with van der Waals surface area (Å²) in [4.78, 5) is 20.5. The van der Waals surface area contributed by atoms with Crippen LogP contribution >= 0.6 is 0 Å². The summed E-state index contributed by atoms with van der Waals surface area (Å²) in [6.07, 6.45) is 3.84. The maximum Gasteiger partial charge on any atom is 0.276 e. The van der Waals surface area contributed by atoms with E-state index in [0.29, 0.717) is 12.1 Å². The van der Waals surface area contributed by atoms with Crippen LogP contribution in [-0.2, 0) is 19.4 Å². The summed E-state index contributed by atoms with van der Waals surface area (Å²) in [6, 6.07) is 8.81. The predicted octanol–water partition coefficient (Wildman–Crippen LogP) is 2.48. The van der Waals surface area contributed by atoms with Crippen molar-refractivity contribution in [1.82, 2.24) is 19.5 Å². The number of fused-ring (bicyclic) bond motifs is 4. The SMILES string of the molecule is COc1ccc(CN2C3CCC2Cc2c(nc4cc(C)[nH]n4c2=O)C3)cc1OC. The number of methoxy groups -OCH3 is 2. The molecular formula is C22H26N4O3. The van der Waals surface area contributed by atoms with E-state index in [4.69, 9.17) is 14.5 Å². The highest BCUT2D eigenvalue weighted by molar-refractivity contribution is 5.44. The predicted molar refractivity (Wildman–Crippen MR) is 110 cm³/mol. The average molecular weight is 394 g/mol. The van der Waals surface area contributed by atoms with Crippen LogP contribution in [0.25, 0.3) is 5.65 Å². The third-order valence-electron chi connectivity index (χ3n) is 6.37. The largest absolute Gasteiger partial charge is 0.493 e. The number of hydrogen-bond donors (Lipinski definition) is 1. The third-order valence-corrected chi connectivity index (χ3v) is 6.37. The van der Waals surface area contributed by atoms with Crippen molar-refractivity contribution in [2.45, 2.75) is 51.2 Å². The molecule has 7 nitrogen and oxygen atoms in total. The van der Waals surface area contributed by atoms with Gasteiger partial charge < -0.3 is 9.47 Å². The molecule has 5 rings (SSSR count). The number of nitrogens with zero attached hydrogens (tertiary/aromatic N) is 3. The fourth-order valence-corrected chi connectivity index (χ4v) is 4.96. The van der Waals surface area contributed by atoms with Crippen molar-refractivity contribution in [2.24, 2.45) is 0 Å². The van der Waals surface area contributed by atoms with Gasteiger partial charge in [0, 0.05) is 42.4 Å². The lowest BCUT2D eigenvalue weighted by Gasteiger charge is -2.28. The highest BCUT2D eigenvalue weighted by atomic mass is 16.5. The quantitative estimate of drug-likeness (QED) is 0.736. The molecule has 0 saturated carbocycles. The first kappa shape index (κ1) is 18.2. The summed E-state index contributed by atoms with van der Waals surface area (Å²) in [5.41, 5.74) is 4.75. The average Bonchev–Trinajstić information content (AvgIpc) is 3.22. The fourth-order valence-electron chi connectivity index (χ4n) is 4.96. The van der Waals surface area contributed by atoms with E-state index < -0.39 is 0 Å². The van der Waals surface area contributed by atoms with Gasteiger partial charge in [-0.3, -0.25) is 14.8 Å². The molecule has 1 fully saturated rings. The minimum absolute atomic E-state index is 0.0525. The monoisotopic (exact) mass is 394 g/mol. The normalized spacial score (nSPS) is 21.2. The van der Waals surface area contributed by atoms with Crippen molar-refractivity contribution in [3.05, 3.63) is 57.1 Å². The van der Waals surface area contributed by atoms with E-state index in [0.717, 1.165) is 66.3 Å². The molecule has 0 aliphatic carbocycles. The Morgan fingerprint density at radius 2 is 1.86 bits per heavy atom. The topological polar surface area (TPSA) is 71.9 Å². The van der Waals surface area contributed by atoms with Crippen molar-refractivity contribution in [3.63, 3.8) is 0 Å². The molecule has 2 aliphatic heterocycles. The van der Waals surface area contributed by atoms with Gasteiger partial charge in [0.2, 0.25) is 0 Å². The Labute approximate surface area is 169 Å². The van der Waals surface area contributed by atoms with Crippen LogP contribution in [0.4, 0.5) is 0 Å². The van der Waals surface area contributed by atoms with E-state index in [1.54, 1.807) is 18.7 Å². The molecule has 1 N–H and O–H groups in total. The fraction of sp³-hybridized carbons (Fsp3) is 0.455. The van der Waals surface area contributed by atoms with Crippen LogP contribution in [0.2, 0.25) is 0 Å². The van der Waals surface area contributed by atoms with Crippen LogP contribution in [0.1, 0.15) is 35.4 Å². The maximum absolute atomic E-state index is 13.1. The number of benzene rings is 1. The molecule has 7 heteroatoms. The summed E-state index contributed by atoms with van der Waals surface area (Å²) in [5.74, 6) is 1.49. The van der Waals surface area contributed by atoms with Crippen LogP contribution in [0, 0.1) is 6.92 Å². The molecule has 2 bridgehead atoms. The Balaban J connectivity index is 1.47. The lowest BCUT2D eigenvalue weighted by molar-refractivity contribution is 0.187. The molecule has 29 heavy (non-hydrogen) atoms. The zero-order valence-electron chi connectivity index (χ0n) is 17.1. The first-order valence-corrected chi connectivity index (χ1v) is 10.1. The van der Waals surface area contributed by atoms with Gasteiger partial charge in [0.1, 0.15) is 0 Å². The van der Waals surface area contributed by atoms with Crippen molar-refractivity contribution in [3.8, 4) is 11.5 Å². The van der Waals surface area contributed by atoms with Crippen molar-refractivity contribution < 1.29 is 9.47 Å². The number of rotatable bonds is 4. The van der Waals surface area contributed by atoms with E-state index in [1.165, 1.54) is 5.56 Å². The van der Waals surface area contributed by atoms with Gasteiger partial charge in [-0.2, -0.15) is 0 Å². The van der Waals surface area contributed by atoms with Crippen LogP contribution in [0.3, 0.4) is 0 Å². The van der Waals surface area contributed by atoms with Crippen LogP contribution in [0.15, 0.2) is 29.1 Å². The number of hydrogen-bond acceptors (Lipinski definition) is 5. The molecule has 2 unspecified atom stereocenters. The summed E-state index contributed by atoms with van der Waals surface area (Å²) in [7, 11) is 3.31. The number of aromatic nitrogens is 3. The number of nitrogens with one attached hydrogen (secondary N) is 1. The molecule has 1 saturated heterocycles. The molecule has 2 atom stereocenters. The Morgan fingerprint density at radius 1 is 1.10 bits per heavy atom. The van der Waals surface area contributed by atoms with Gasteiger partial charge in [0.25, 0.3) is 5.56 Å². The van der Waals surface area contributed by atoms with E-state index in [2.05, 4.69) is 22.1 Å². The van der Waals surface area contributed by atoms with Gasteiger partial charge >= 0.3 is 0 Å². The van der Waals surface area contributed by atoms with Crippen molar-refractivity contribution in [1.29, 1.82) is 0 Å². The molecule has 152 valence electrons. The summed E-state index contributed by atoms with van der Waals surface area (Å²) in [6.45, 7) is 2.79. The minimum atomic E-state index is 0.0525. The standard InChI is InChI=1S/C22H26N4O3/c1-13-8-21-23-18-11-16-6-5-15(10-17(18)22(27)26(21)24-13)25(16)12-14-4-7-19(28-2)20(9-14)29-3/h4,7-9,15-16,24H,5-6,10-12H2,1-3H3. The third kappa shape index (κ3) is 3.00. The highest BCUT2D eigenvalue weighted by Gasteiger charge is 2.38. The minimum Gasteiger partial charge on any atom is -0.493 e. The molecule has 2 aromatic heterocycles. The van der Waals surface area contributed by atoms with E-state index in [-0.39, 0.29) is 5.56 Å². The van der Waals surface area contributed by atoms with Gasteiger partial charge in [-0.15, -0.1) is 0 Å². The zero-order valence-corrected chi connectivity index (χ0v) is 17.1. The molecule has 0 radical (unpaired) electrons. The maximum atomic E-state index is 13.1. The molecule has 1 aromatic carbocycles. The number of ether oxygens (including phenoxy) is 2. The summed E-state index contributed by atoms with van der Waals surface area (Å²) < 4.78 is 12.4. The zero-order chi connectivity index (χ0) is 20.1. The first-order valence-electron chi connectivity index (χ1n) is 10.1.